The summed E-state index contributed by atoms with van der Waals surface area (Å²) >= 11 is 0. The van der Waals surface area contributed by atoms with Crippen LogP contribution in [0.5, 0.6) is 5.75 Å². The van der Waals surface area contributed by atoms with Gasteiger partial charge in [0.1, 0.15) is 5.75 Å². The summed E-state index contributed by atoms with van der Waals surface area (Å²) in [6, 6.07) is 18.7. The Balaban J connectivity index is 1.53. The monoisotopic (exact) mass is 417 g/mol. The zero-order chi connectivity index (χ0) is 22.1. The van der Waals surface area contributed by atoms with Gasteiger partial charge in [-0.1, -0.05) is 49.0 Å². The molecular weight excluding hydrogens is 386 g/mol. The summed E-state index contributed by atoms with van der Waals surface area (Å²) in [4.78, 5) is 17.7. The number of amides is 1. The molecule has 31 heavy (non-hydrogen) atoms. The third kappa shape index (κ3) is 7.87. The lowest BCUT2D eigenvalue weighted by atomic mass is 10.1. The van der Waals surface area contributed by atoms with Gasteiger partial charge < -0.3 is 10.5 Å². The van der Waals surface area contributed by atoms with Crippen LogP contribution in [0.25, 0.3) is 0 Å². The smallest absolute Gasteiger partial charge is 0.248 e. The van der Waals surface area contributed by atoms with Crippen LogP contribution in [-0.2, 0) is 17.8 Å². The molecule has 162 valence electrons. The van der Waals surface area contributed by atoms with E-state index in [2.05, 4.69) is 58.9 Å². The summed E-state index contributed by atoms with van der Waals surface area (Å²) in [5, 5.41) is 0. The summed E-state index contributed by atoms with van der Waals surface area (Å²) < 4.78 is 5.77. The molecule has 0 atom stereocenters. The first-order chi connectivity index (χ1) is 15.0. The maximum Gasteiger partial charge on any atom is 0.248 e. The molecule has 0 bridgehead atoms. The number of nitrogens with zero attached hydrogens (tertiary/aromatic N) is 2. The van der Waals surface area contributed by atoms with Gasteiger partial charge in [0.05, 0.1) is 0 Å². The number of hydrogen-bond acceptors (Lipinski definition) is 4. The second-order valence-corrected chi connectivity index (χ2v) is 7.94. The van der Waals surface area contributed by atoms with Crippen molar-refractivity contribution in [1.29, 1.82) is 0 Å². The molecule has 3 rings (SSSR count). The Labute approximate surface area is 184 Å². The normalized spacial score (nSPS) is 14.2. The van der Waals surface area contributed by atoms with E-state index in [9.17, 15) is 4.79 Å². The molecule has 0 spiro atoms. The molecule has 0 aliphatic heterocycles. The van der Waals surface area contributed by atoms with Crippen LogP contribution < -0.4 is 10.5 Å². The van der Waals surface area contributed by atoms with Crippen LogP contribution >= 0.6 is 0 Å². The predicted octanol–water partition coefficient (Wildman–Crippen LogP) is 4.15. The number of aliphatic imine (C=N–C) groups is 1. The van der Waals surface area contributed by atoms with Gasteiger partial charge in [0.25, 0.3) is 0 Å². The third-order valence-corrected chi connectivity index (χ3v) is 5.29. The van der Waals surface area contributed by atoms with Crippen molar-refractivity contribution in [3.8, 4) is 5.75 Å². The number of benzene rings is 2. The number of primary amides is 1. The lowest BCUT2D eigenvalue weighted by Gasteiger charge is -2.22. The maximum absolute atomic E-state index is 11.1. The Kier molecular flexibility index (Phi) is 8.19. The minimum Gasteiger partial charge on any atom is -0.439 e. The lowest BCUT2D eigenvalue weighted by Crippen LogP contribution is -2.28. The highest BCUT2D eigenvalue weighted by molar-refractivity contribution is 5.97. The summed E-state index contributed by atoms with van der Waals surface area (Å²) in [6.07, 6.45) is 6.80. The van der Waals surface area contributed by atoms with Crippen molar-refractivity contribution in [3.05, 3.63) is 90.0 Å². The Morgan fingerprint density at radius 3 is 2.45 bits per heavy atom. The van der Waals surface area contributed by atoms with Gasteiger partial charge >= 0.3 is 0 Å². The summed E-state index contributed by atoms with van der Waals surface area (Å²) in [7, 11) is 1.63. The topological polar surface area (TPSA) is 67.9 Å². The van der Waals surface area contributed by atoms with Crippen molar-refractivity contribution < 1.29 is 9.53 Å². The Morgan fingerprint density at radius 2 is 1.84 bits per heavy atom. The molecule has 1 fully saturated rings. The largest absolute Gasteiger partial charge is 0.439 e. The van der Waals surface area contributed by atoms with Crippen LogP contribution in [-0.4, -0.2) is 36.8 Å². The van der Waals surface area contributed by atoms with E-state index < -0.39 is 5.91 Å². The van der Waals surface area contributed by atoms with E-state index in [1.807, 2.05) is 12.1 Å². The van der Waals surface area contributed by atoms with Gasteiger partial charge in [-0.2, -0.15) is 0 Å². The van der Waals surface area contributed by atoms with E-state index in [0.717, 1.165) is 25.4 Å². The van der Waals surface area contributed by atoms with Gasteiger partial charge in [-0.25, -0.2) is 0 Å². The molecule has 0 saturated heterocycles. The second kappa shape index (κ2) is 11.3. The number of nitrogens with two attached hydrogens (primary N) is 1. The van der Waals surface area contributed by atoms with Gasteiger partial charge in [0.2, 0.25) is 11.8 Å². The fraction of sp³-hybridized carbons (Fsp3) is 0.308. The molecule has 0 unspecified atom stereocenters. The molecule has 0 aromatic heterocycles. The van der Waals surface area contributed by atoms with Crippen LogP contribution in [0.2, 0.25) is 0 Å². The Hall–Kier alpha value is -3.18. The van der Waals surface area contributed by atoms with E-state index in [1.165, 1.54) is 36.6 Å². The summed E-state index contributed by atoms with van der Waals surface area (Å²) in [6.45, 7) is 6.79. The van der Waals surface area contributed by atoms with Crippen LogP contribution in [0.15, 0.2) is 83.9 Å². The van der Waals surface area contributed by atoms with Gasteiger partial charge in [-0.05, 0) is 54.5 Å². The predicted molar refractivity (Wildman–Crippen MR) is 126 cm³/mol. The Bertz CT molecular complexity index is 929. The quantitative estimate of drug-likeness (QED) is 0.258. The first kappa shape index (κ1) is 22.5. The SMILES string of the molecule is C=C(/C=C\C(=NC)Oc1ccc(CCN(Cc2ccccc2)CC2CC2)cc1)C(N)=O. The molecule has 1 aliphatic rings. The lowest BCUT2D eigenvalue weighted by molar-refractivity contribution is -0.114. The van der Waals surface area contributed by atoms with Crippen LogP contribution in [0.3, 0.4) is 0 Å². The number of rotatable bonds is 11. The first-order valence-electron chi connectivity index (χ1n) is 10.7. The fourth-order valence-electron chi connectivity index (χ4n) is 3.28. The minimum atomic E-state index is -0.570. The standard InChI is InChI=1S/C26H31N3O2/c1-20(26(27)30)8-15-25(28-2)31-24-13-11-21(12-14-24)16-17-29(19-23-9-10-23)18-22-6-4-3-5-7-22/h3-8,11-15,23H,1,9-10,16-19H2,2H3,(H2,27,30)/b15-8-,28-25?. The van der Waals surface area contributed by atoms with Gasteiger partial charge in [-0.3, -0.25) is 14.7 Å². The first-order valence-corrected chi connectivity index (χ1v) is 10.7. The average Bonchev–Trinajstić information content (AvgIpc) is 3.60. The van der Waals surface area contributed by atoms with Crippen LogP contribution in [0.4, 0.5) is 0 Å². The van der Waals surface area contributed by atoms with Crippen molar-refractivity contribution in [3.63, 3.8) is 0 Å². The molecule has 2 aromatic carbocycles. The highest BCUT2D eigenvalue weighted by atomic mass is 16.5. The number of carbonyl (C=O) groups excluding carboxylic acids is 1. The number of carbonyl (C=O) groups is 1. The molecule has 2 aromatic rings. The fourth-order valence-corrected chi connectivity index (χ4v) is 3.28. The van der Waals surface area contributed by atoms with Crippen LogP contribution in [0, 0.1) is 5.92 Å². The van der Waals surface area contributed by atoms with E-state index in [4.69, 9.17) is 10.5 Å². The van der Waals surface area contributed by atoms with Gasteiger partial charge in [-0.15, -0.1) is 0 Å². The van der Waals surface area contributed by atoms with Crippen molar-refractivity contribution in [2.45, 2.75) is 25.8 Å². The number of hydrogen-bond donors (Lipinski definition) is 1. The second-order valence-electron chi connectivity index (χ2n) is 7.94. The summed E-state index contributed by atoms with van der Waals surface area (Å²) in [5.41, 5.74) is 8.02. The molecule has 1 saturated carbocycles. The van der Waals surface area contributed by atoms with Crippen molar-refractivity contribution in [2.75, 3.05) is 20.1 Å². The Morgan fingerprint density at radius 1 is 1.13 bits per heavy atom. The van der Waals surface area contributed by atoms with Gasteiger partial charge in [0.15, 0.2) is 0 Å². The van der Waals surface area contributed by atoms with E-state index in [-0.39, 0.29) is 5.57 Å². The molecule has 1 aliphatic carbocycles. The van der Waals surface area contributed by atoms with Crippen molar-refractivity contribution in [2.24, 2.45) is 16.6 Å². The highest BCUT2D eigenvalue weighted by Crippen LogP contribution is 2.30. The molecule has 1 amide bonds. The van der Waals surface area contributed by atoms with E-state index in [1.54, 1.807) is 13.1 Å². The molecular formula is C26H31N3O2. The van der Waals surface area contributed by atoms with Crippen molar-refractivity contribution >= 4 is 11.8 Å². The van der Waals surface area contributed by atoms with Crippen molar-refractivity contribution in [1.82, 2.24) is 4.90 Å². The number of ether oxygens (including phenoxy) is 1. The zero-order valence-electron chi connectivity index (χ0n) is 18.2. The summed E-state index contributed by atoms with van der Waals surface area (Å²) in [5.74, 6) is 1.37. The molecule has 5 nitrogen and oxygen atoms in total. The van der Waals surface area contributed by atoms with Crippen LogP contribution in [0.1, 0.15) is 24.0 Å². The minimum absolute atomic E-state index is 0.200. The molecule has 5 heteroatoms. The molecule has 0 radical (unpaired) electrons. The molecule has 2 N–H and O–H groups in total. The average molecular weight is 418 g/mol. The highest BCUT2D eigenvalue weighted by Gasteiger charge is 2.24. The zero-order valence-corrected chi connectivity index (χ0v) is 18.2. The van der Waals surface area contributed by atoms with E-state index >= 15 is 0 Å². The maximum atomic E-state index is 11.1. The van der Waals surface area contributed by atoms with E-state index in [0.29, 0.717) is 11.6 Å². The third-order valence-electron chi connectivity index (χ3n) is 5.29. The molecule has 0 heterocycles. The van der Waals surface area contributed by atoms with Gasteiger partial charge in [0, 0.05) is 38.3 Å².